The number of hydrogen-bond donors (Lipinski definition) is 1. The first-order valence-electron chi connectivity index (χ1n) is 8.35. The van der Waals surface area contributed by atoms with Crippen LogP contribution in [0.4, 0.5) is 13.2 Å². The van der Waals surface area contributed by atoms with E-state index in [0.717, 1.165) is 38.1 Å². The van der Waals surface area contributed by atoms with Crippen LogP contribution in [0.25, 0.3) is 5.69 Å². The van der Waals surface area contributed by atoms with Crippen LogP contribution in [0.3, 0.4) is 0 Å². The maximum Gasteiger partial charge on any atom is 0.416 e. The van der Waals surface area contributed by atoms with Crippen LogP contribution in [0, 0.1) is 5.92 Å². The Morgan fingerprint density at radius 1 is 1.23 bits per heavy atom. The third kappa shape index (κ3) is 4.19. The van der Waals surface area contributed by atoms with Gasteiger partial charge in [-0.25, -0.2) is 4.68 Å². The van der Waals surface area contributed by atoms with Gasteiger partial charge in [0, 0.05) is 12.6 Å². The second-order valence-electron chi connectivity index (χ2n) is 6.37. The van der Waals surface area contributed by atoms with Crippen molar-refractivity contribution in [2.24, 2.45) is 5.92 Å². The van der Waals surface area contributed by atoms with E-state index in [2.05, 4.69) is 10.4 Å². The third-order valence-electron chi connectivity index (χ3n) is 4.47. The minimum Gasteiger partial charge on any atom is -0.317 e. The van der Waals surface area contributed by atoms with Crippen molar-refractivity contribution in [3.05, 3.63) is 47.8 Å². The Morgan fingerprint density at radius 2 is 1.96 bits per heavy atom. The number of nitrogens with one attached hydrogen (secondary N) is 1. The molecule has 26 heavy (non-hydrogen) atoms. The van der Waals surface area contributed by atoms with Gasteiger partial charge in [0.05, 0.1) is 23.0 Å². The van der Waals surface area contributed by atoms with E-state index in [1.807, 2.05) is 0 Å². The lowest BCUT2D eigenvalue weighted by atomic mass is 9.91. The van der Waals surface area contributed by atoms with Crippen LogP contribution >= 0.6 is 0 Å². The molecule has 1 saturated heterocycles. The van der Waals surface area contributed by atoms with Crippen molar-refractivity contribution in [2.75, 3.05) is 13.1 Å². The molecule has 2 heterocycles. The summed E-state index contributed by atoms with van der Waals surface area (Å²) < 4.78 is 39.6. The molecule has 0 amide bonds. The van der Waals surface area contributed by atoms with Crippen LogP contribution in [0.15, 0.2) is 36.7 Å². The molecule has 0 bridgehead atoms. The van der Waals surface area contributed by atoms with Crippen molar-refractivity contribution in [2.45, 2.75) is 25.4 Å². The molecule has 1 aliphatic rings. The van der Waals surface area contributed by atoms with Gasteiger partial charge in [0.1, 0.15) is 0 Å². The molecule has 3 rings (SSSR count). The van der Waals surface area contributed by atoms with Crippen LogP contribution in [0.1, 0.15) is 35.2 Å². The Morgan fingerprint density at radius 3 is 2.65 bits per heavy atom. The third-order valence-corrected chi connectivity index (χ3v) is 4.47. The zero-order valence-corrected chi connectivity index (χ0v) is 13.9. The van der Waals surface area contributed by atoms with E-state index in [1.165, 1.54) is 29.2 Å². The fraction of sp³-hybridized carbons (Fsp3) is 0.389. The number of carbonyl (C=O) groups excluding carboxylic acids is 2. The Bertz CT molecular complexity index is 808. The van der Waals surface area contributed by atoms with E-state index < -0.39 is 23.3 Å². The highest BCUT2D eigenvalue weighted by Gasteiger charge is 2.30. The number of ketones is 2. The fourth-order valence-electron chi connectivity index (χ4n) is 3.01. The van der Waals surface area contributed by atoms with Gasteiger partial charge < -0.3 is 5.32 Å². The largest absolute Gasteiger partial charge is 0.416 e. The van der Waals surface area contributed by atoms with Crippen molar-refractivity contribution >= 4 is 11.6 Å². The molecule has 138 valence electrons. The van der Waals surface area contributed by atoms with Crippen molar-refractivity contribution in [1.29, 1.82) is 0 Å². The van der Waals surface area contributed by atoms with Crippen LogP contribution < -0.4 is 5.32 Å². The van der Waals surface area contributed by atoms with E-state index in [0.29, 0.717) is 0 Å². The summed E-state index contributed by atoms with van der Waals surface area (Å²) in [6, 6.07) is 4.62. The Balaban J connectivity index is 1.73. The van der Waals surface area contributed by atoms with Gasteiger partial charge in [-0.3, -0.25) is 9.59 Å². The lowest BCUT2D eigenvalue weighted by molar-refractivity contribution is -0.137. The monoisotopic (exact) mass is 365 g/mol. The summed E-state index contributed by atoms with van der Waals surface area (Å²) in [5, 5.41) is 7.12. The predicted octanol–water partition coefficient (Wildman–Crippen LogP) is 3.03. The van der Waals surface area contributed by atoms with Crippen molar-refractivity contribution in [3.8, 4) is 5.69 Å². The topological polar surface area (TPSA) is 64.0 Å². The van der Waals surface area contributed by atoms with E-state index in [4.69, 9.17) is 0 Å². The molecule has 1 aromatic heterocycles. The molecule has 0 spiro atoms. The molecule has 1 aliphatic heterocycles. The number of piperidine rings is 1. The van der Waals surface area contributed by atoms with Crippen molar-refractivity contribution < 1.29 is 22.8 Å². The van der Waals surface area contributed by atoms with Gasteiger partial charge in [0.25, 0.3) is 0 Å². The molecule has 1 aromatic carbocycles. The van der Waals surface area contributed by atoms with Gasteiger partial charge >= 0.3 is 6.18 Å². The summed E-state index contributed by atoms with van der Waals surface area (Å²) in [4.78, 5) is 24.5. The highest BCUT2D eigenvalue weighted by molar-refractivity contribution is 6.43. The first-order valence-corrected chi connectivity index (χ1v) is 8.35. The van der Waals surface area contributed by atoms with Crippen LogP contribution in [-0.4, -0.2) is 34.4 Å². The molecule has 2 aromatic rings. The second-order valence-corrected chi connectivity index (χ2v) is 6.37. The maximum atomic E-state index is 12.8. The number of alkyl halides is 3. The van der Waals surface area contributed by atoms with E-state index in [-0.39, 0.29) is 23.6 Å². The maximum absolute atomic E-state index is 12.8. The molecule has 5 nitrogen and oxygen atoms in total. The minimum atomic E-state index is -4.47. The summed E-state index contributed by atoms with van der Waals surface area (Å²) >= 11 is 0. The van der Waals surface area contributed by atoms with Crippen LogP contribution in [0.5, 0.6) is 0 Å². The van der Waals surface area contributed by atoms with Gasteiger partial charge in [-0.1, -0.05) is 6.07 Å². The highest BCUT2D eigenvalue weighted by atomic mass is 19.4. The zero-order chi connectivity index (χ0) is 18.7. The quantitative estimate of drug-likeness (QED) is 0.653. The zero-order valence-electron chi connectivity index (χ0n) is 13.9. The van der Waals surface area contributed by atoms with E-state index in [9.17, 15) is 22.8 Å². The predicted molar refractivity (Wildman–Crippen MR) is 88.1 cm³/mol. The SMILES string of the molecule is O=C(CC1CCNCC1)C(=O)c1cnn(-c2cccc(C(F)(F)F)c2)c1. The molecule has 1 fully saturated rings. The number of rotatable bonds is 5. The summed E-state index contributed by atoms with van der Waals surface area (Å²) in [5.74, 6) is -0.950. The molecule has 0 atom stereocenters. The number of aromatic nitrogens is 2. The molecule has 0 saturated carbocycles. The summed E-state index contributed by atoms with van der Waals surface area (Å²) in [6.07, 6.45) is -0.0754. The molecular weight excluding hydrogens is 347 g/mol. The average molecular weight is 365 g/mol. The standard InChI is InChI=1S/C18H18F3N3O2/c19-18(20,21)14-2-1-3-15(9-14)24-11-13(10-23-24)17(26)16(25)8-12-4-6-22-7-5-12/h1-3,9-12,22H,4-8H2. The number of carbonyl (C=O) groups is 2. The number of nitrogens with zero attached hydrogens (tertiary/aromatic N) is 2. The Kier molecular flexibility index (Phi) is 5.22. The van der Waals surface area contributed by atoms with Gasteiger partial charge in [-0.2, -0.15) is 18.3 Å². The molecule has 8 heteroatoms. The number of benzene rings is 1. The number of halogens is 3. The lowest BCUT2D eigenvalue weighted by Gasteiger charge is -2.21. The van der Waals surface area contributed by atoms with Crippen molar-refractivity contribution in [1.82, 2.24) is 15.1 Å². The smallest absolute Gasteiger partial charge is 0.317 e. The van der Waals surface area contributed by atoms with Gasteiger partial charge in [-0.05, 0) is 50.0 Å². The number of Topliss-reactive ketones (excluding diaryl/α,β-unsaturated/α-hetero) is 2. The molecule has 1 N–H and O–H groups in total. The lowest BCUT2D eigenvalue weighted by Crippen LogP contribution is -2.30. The molecule has 0 radical (unpaired) electrons. The van der Waals surface area contributed by atoms with Crippen LogP contribution in [0.2, 0.25) is 0 Å². The van der Waals surface area contributed by atoms with Gasteiger partial charge in [-0.15, -0.1) is 0 Å². The molecule has 0 unspecified atom stereocenters. The first kappa shape index (κ1) is 18.3. The van der Waals surface area contributed by atoms with Gasteiger partial charge in [0.15, 0.2) is 0 Å². The molecule has 0 aliphatic carbocycles. The fourth-order valence-corrected chi connectivity index (χ4v) is 3.01. The summed E-state index contributed by atoms with van der Waals surface area (Å²) in [5.41, 5.74) is -0.550. The van der Waals surface area contributed by atoms with Crippen molar-refractivity contribution in [3.63, 3.8) is 0 Å². The summed E-state index contributed by atoms with van der Waals surface area (Å²) in [6.45, 7) is 1.67. The average Bonchev–Trinajstić information content (AvgIpc) is 3.11. The summed E-state index contributed by atoms with van der Waals surface area (Å²) in [7, 11) is 0. The normalized spacial score (nSPS) is 15.8. The van der Waals surface area contributed by atoms with Gasteiger partial charge in [0.2, 0.25) is 11.6 Å². The second kappa shape index (κ2) is 7.41. The first-order chi connectivity index (χ1) is 12.3. The Hall–Kier alpha value is -2.48. The van der Waals surface area contributed by atoms with Crippen LogP contribution in [-0.2, 0) is 11.0 Å². The minimum absolute atomic E-state index is 0.0846. The number of hydrogen-bond acceptors (Lipinski definition) is 4. The van der Waals surface area contributed by atoms with E-state index >= 15 is 0 Å². The van der Waals surface area contributed by atoms with E-state index in [1.54, 1.807) is 0 Å². The Labute approximate surface area is 148 Å². The highest BCUT2D eigenvalue weighted by Crippen LogP contribution is 2.30. The molecular formula is C18H18F3N3O2.